The van der Waals surface area contributed by atoms with Gasteiger partial charge in [-0.1, -0.05) is 24.6 Å². The average Bonchev–Trinajstić information content (AvgIpc) is 2.47. The lowest BCUT2D eigenvalue weighted by Gasteiger charge is -2.21. The van der Waals surface area contributed by atoms with Gasteiger partial charge in [0.05, 0.1) is 19.3 Å². The van der Waals surface area contributed by atoms with Crippen molar-refractivity contribution in [2.45, 2.75) is 19.9 Å². The van der Waals surface area contributed by atoms with Gasteiger partial charge in [0.15, 0.2) is 0 Å². The van der Waals surface area contributed by atoms with E-state index in [4.69, 9.17) is 16.3 Å². The highest BCUT2D eigenvalue weighted by Crippen LogP contribution is 2.28. The number of rotatable bonds is 5. The van der Waals surface area contributed by atoms with Crippen LogP contribution in [0.15, 0.2) is 36.7 Å². The molecular formula is C16H19ClN2O. The second-order valence-corrected chi connectivity index (χ2v) is 5.09. The highest BCUT2D eigenvalue weighted by Gasteiger charge is 2.16. The molecule has 0 spiro atoms. The van der Waals surface area contributed by atoms with Gasteiger partial charge in [-0.2, -0.15) is 0 Å². The van der Waals surface area contributed by atoms with E-state index in [0.717, 1.165) is 28.4 Å². The molecule has 2 rings (SSSR count). The van der Waals surface area contributed by atoms with Crippen LogP contribution in [0.25, 0.3) is 0 Å². The minimum atomic E-state index is 0.0568. The van der Waals surface area contributed by atoms with Gasteiger partial charge in [0.25, 0.3) is 0 Å². The molecule has 0 radical (unpaired) electrons. The fourth-order valence-corrected chi connectivity index (χ4v) is 2.42. The first-order valence-electron chi connectivity index (χ1n) is 6.64. The summed E-state index contributed by atoms with van der Waals surface area (Å²) in [7, 11) is 1.65. The number of halogens is 1. The Morgan fingerprint density at radius 3 is 2.80 bits per heavy atom. The molecule has 0 saturated heterocycles. The number of nitrogens with one attached hydrogen (secondary N) is 1. The molecule has 4 heteroatoms. The minimum Gasteiger partial charge on any atom is -0.495 e. The lowest BCUT2D eigenvalue weighted by molar-refractivity contribution is 0.411. The zero-order valence-corrected chi connectivity index (χ0v) is 12.7. The molecule has 0 amide bonds. The van der Waals surface area contributed by atoms with Crippen LogP contribution < -0.4 is 10.1 Å². The summed E-state index contributed by atoms with van der Waals surface area (Å²) >= 11 is 6.14. The Hall–Kier alpha value is -1.58. The van der Waals surface area contributed by atoms with Gasteiger partial charge in [0.2, 0.25) is 0 Å². The molecule has 0 fully saturated rings. The van der Waals surface area contributed by atoms with Crippen molar-refractivity contribution in [1.82, 2.24) is 10.3 Å². The van der Waals surface area contributed by atoms with Crippen molar-refractivity contribution in [2.75, 3.05) is 13.7 Å². The molecule has 1 N–H and O–H groups in total. The molecule has 0 saturated carbocycles. The number of hydrogen-bond donors (Lipinski definition) is 1. The Balaban J connectivity index is 2.46. The lowest BCUT2D eigenvalue weighted by Crippen LogP contribution is -2.23. The van der Waals surface area contributed by atoms with Gasteiger partial charge in [0, 0.05) is 11.2 Å². The minimum absolute atomic E-state index is 0.0568. The maximum atomic E-state index is 6.14. The molecule has 0 aliphatic heterocycles. The maximum absolute atomic E-state index is 6.14. The van der Waals surface area contributed by atoms with E-state index >= 15 is 0 Å². The predicted octanol–water partition coefficient (Wildman–Crippen LogP) is 3.75. The summed E-state index contributed by atoms with van der Waals surface area (Å²) < 4.78 is 5.26. The topological polar surface area (TPSA) is 34.2 Å². The van der Waals surface area contributed by atoms with Crippen molar-refractivity contribution < 1.29 is 4.74 Å². The summed E-state index contributed by atoms with van der Waals surface area (Å²) in [4.78, 5) is 4.24. The number of aromatic nitrogens is 1. The number of methoxy groups -OCH3 is 1. The smallest absolute Gasteiger partial charge is 0.137 e. The SMILES string of the molecule is CCNC(c1cncc(OC)c1)c1cc(Cl)ccc1C. The molecule has 0 bridgehead atoms. The second-order valence-electron chi connectivity index (χ2n) is 4.65. The van der Waals surface area contributed by atoms with Gasteiger partial charge in [-0.3, -0.25) is 4.98 Å². The first kappa shape index (κ1) is 14.8. The van der Waals surface area contributed by atoms with E-state index in [1.54, 1.807) is 13.3 Å². The molecular weight excluding hydrogens is 272 g/mol. The van der Waals surface area contributed by atoms with Crippen LogP contribution in [0.4, 0.5) is 0 Å². The summed E-state index contributed by atoms with van der Waals surface area (Å²) in [5.74, 6) is 0.755. The normalized spacial score (nSPS) is 12.2. The van der Waals surface area contributed by atoms with Crippen LogP contribution in [0, 0.1) is 6.92 Å². The summed E-state index contributed by atoms with van der Waals surface area (Å²) in [5, 5.41) is 4.22. The Bertz CT molecular complexity index is 586. The van der Waals surface area contributed by atoms with E-state index in [9.17, 15) is 0 Å². The van der Waals surface area contributed by atoms with Crippen molar-refractivity contribution in [3.05, 3.63) is 58.4 Å². The fourth-order valence-electron chi connectivity index (χ4n) is 2.24. The van der Waals surface area contributed by atoms with Gasteiger partial charge in [-0.15, -0.1) is 0 Å². The predicted molar refractivity (Wildman–Crippen MR) is 82.5 cm³/mol. The van der Waals surface area contributed by atoms with Gasteiger partial charge in [-0.25, -0.2) is 0 Å². The van der Waals surface area contributed by atoms with E-state index in [2.05, 4.69) is 24.1 Å². The van der Waals surface area contributed by atoms with Crippen LogP contribution in [-0.2, 0) is 0 Å². The standard InChI is InChI=1S/C16H19ClN2O/c1-4-19-16(12-7-14(20-3)10-18-9-12)15-8-13(17)6-5-11(15)2/h5-10,16,19H,4H2,1-3H3. The lowest BCUT2D eigenvalue weighted by atomic mass is 9.96. The van der Waals surface area contributed by atoms with E-state index in [1.807, 2.05) is 30.5 Å². The monoisotopic (exact) mass is 290 g/mol. The Kier molecular flexibility index (Phi) is 4.99. The van der Waals surface area contributed by atoms with Gasteiger partial charge in [0.1, 0.15) is 5.75 Å². The molecule has 1 atom stereocenters. The quantitative estimate of drug-likeness (QED) is 0.910. The highest BCUT2D eigenvalue weighted by molar-refractivity contribution is 6.30. The first-order chi connectivity index (χ1) is 9.65. The zero-order valence-electron chi connectivity index (χ0n) is 12.0. The molecule has 20 heavy (non-hydrogen) atoms. The van der Waals surface area contributed by atoms with Gasteiger partial charge >= 0.3 is 0 Å². The third kappa shape index (κ3) is 3.30. The van der Waals surface area contributed by atoms with Crippen molar-refractivity contribution >= 4 is 11.6 Å². The van der Waals surface area contributed by atoms with Gasteiger partial charge in [-0.05, 0) is 48.4 Å². The molecule has 1 unspecified atom stereocenters. The zero-order chi connectivity index (χ0) is 14.5. The fraction of sp³-hybridized carbons (Fsp3) is 0.312. The van der Waals surface area contributed by atoms with Crippen LogP contribution in [-0.4, -0.2) is 18.6 Å². The van der Waals surface area contributed by atoms with E-state index in [1.165, 1.54) is 5.56 Å². The summed E-state index contributed by atoms with van der Waals surface area (Å²) in [6.07, 6.45) is 3.56. The highest BCUT2D eigenvalue weighted by atomic mass is 35.5. The van der Waals surface area contributed by atoms with Crippen molar-refractivity contribution in [3.8, 4) is 5.75 Å². The van der Waals surface area contributed by atoms with Gasteiger partial charge < -0.3 is 10.1 Å². The van der Waals surface area contributed by atoms with Crippen LogP contribution >= 0.6 is 11.6 Å². The Labute approximate surface area is 124 Å². The van der Waals surface area contributed by atoms with Crippen molar-refractivity contribution in [2.24, 2.45) is 0 Å². The molecule has 1 aromatic heterocycles. The number of ether oxygens (including phenoxy) is 1. The molecule has 0 aliphatic rings. The average molecular weight is 291 g/mol. The molecule has 0 aliphatic carbocycles. The number of pyridine rings is 1. The van der Waals surface area contributed by atoms with Crippen LogP contribution in [0.5, 0.6) is 5.75 Å². The third-order valence-corrected chi connectivity index (χ3v) is 3.50. The molecule has 3 nitrogen and oxygen atoms in total. The second kappa shape index (κ2) is 6.73. The Morgan fingerprint density at radius 2 is 2.10 bits per heavy atom. The number of aryl methyl sites for hydroxylation is 1. The van der Waals surface area contributed by atoms with Crippen LogP contribution in [0.2, 0.25) is 5.02 Å². The van der Waals surface area contributed by atoms with E-state index in [-0.39, 0.29) is 6.04 Å². The van der Waals surface area contributed by atoms with Crippen LogP contribution in [0.1, 0.15) is 29.7 Å². The van der Waals surface area contributed by atoms with Crippen molar-refractivity contribution in [3.63, 3.8) is 0 Å². The largest absolute Gasteiger partial charge is 0.495 e. The van der Waals surface area contributed by atoms with E-state index in [0.29, 0.717) is 0 Å². The van der Waals surface area contributed by atoms with Crippen molar-refractivity contribution in [1.29, 1.82) is 0 Å². The third-order valence-electron chi connectivity index (χ3n) is 3.26. The van der Waals surface area contributed by atoms with Crippen LogP contribution in [0.3, 0.4) is 0 Å². The Morgan fingerprint density at radius 1 is 1.30 bits per heavy atom. The number of hydrogen-bond acceptors (Lipinski definition) is 3. The van der Waals surface area contributed by atoms with E-state index < -0.39 is 0 Å². The molecule has 106 valence electrons. The molecule has 1 heterocycles. The summed E-state index contributed by atoms with van der Waals surface area (Å²) in [5.41, 5.74) is 3.43. The maximum Gasteiger partial charge on any atom is 0.137 e. The first-order valence-corrected chi connectivity index (χ1v) is 7.02. The summed E-state index contributed by atoms with van der Waals surface area (Å²) in [6.45, 7) is 5.03. The number of benzene rings is 1. The number of nitrogens with zero attached hydrogens (tertiary/aromatic N) is 1. The molecule has 1 aromatic carbocycles. The molecule has 2 aromatic rings. The summed E-state index contributed by atoms with van der Waals surface area (Å²) in [6, 6.07) is 8.01.